The average Bonchev–Trinajstić information content (AvgIpc) is 2.69. The molecular weight excluding hydrogens is 352 g/mol. The molecule has 0 radical (unpaired) electrons. The van der Waals surface area contributed by atoms with Gasteiger partial charge in [0.1, 0.15) is 5.78 Å². The van der Waals surface area contributed by atoms with E-state index in [1.54, 1.807) is 6.92 Å². The molecule has 0 bridgehead atoms. The first-order chi connectivity index (χ1) is 14.3. The van der Waals surface area contributed by atoms with Gasteiger partial charge in [-0.25, -0.2) is 0 Å². The van der Waals surface area contributed by atoms with Crippen LogP contribution in [0.5, 0.6) is 0 Å². The maximum absolute atomic E-state index is 10.9. The molecule has 0 fully saturated rings. The molecular formula is C28H50O. The van der Waals surface area contributed by atoms with Crippen LogP contribution >= 0.6 is 0 Å². The number of carbonyl (C=O) groups excluding carboxylic acids is 1. The van der Waals surface area contributed by atoms with E-state index in [0.717, 1.165) is 18.8 Å². The van der Waals surface area contributed by atoms with Crippen molar-refractivity contribution in [3.05, 3.63) is 24.3 Å². The van der Waals surface area contributed by atoms with E-state index in [4.69, 9.17) is 0 Å². The van der Waals surface area contributed by atoms with E-state index in [0.29, 0.717) is 5.78 Å². The molecule has 0 spiro atoms. The van der Waals surface area contributed by atoms with Crippen LogP contribution in [0, 0.1) is 5.92 Å². The van der Waals surface area contributed by atoms with Crippen molar-refractivity contribution in [2.75, 3.05) is 0 Å². The van der Waals surface area contributed by atoms with Gasteiger partial charge in [-0.1, -0.05) is 108 Å². The fourth-order valence-electron chi connectivity index (χ4n) is 4.53. The monoisotopic (exact) mass is 402 g/mol. The van der Waals surface area contributed by atoms with Gasteiger partial charge in [-0.3, -0.25) is 0 Å². The van der Waals surface area contributed by atoms with Crippen molar-refractivity contribution in [3.63, 3.8) is 0 Å². The number of Topliss-reactive ketones (excluding diaryl/α,β-unsaturated/α-hetero) is 1. The highest BCUT2D eigenvalue weighted by atomic mass is 16.1. The van der Waals surface area contributed by atoms with E-state index in [1.807, 2.05) is 0 Å². The average molecular weight is 403 g/mol. The lowest BCUT2D eigenvalue weighted by Crippen LogP contribution is -2.01. The number of hydrogen-bond donors (Lipinski definition) is 0. The van der Waals surface area contributed by atoms with Gasteiger partial charge in [0.2, 0.25) is 0 Å². The van der Waals surface area contributed by atoms with Crippen molar-refractivity contribution in [2.45, 2.75) is 142 Å². The second kappa shape index (κ2) is 20.4. The van der Waals surface area contributed by atoms with Crippen molar-refractivity contribution in [1.82, 2.24) is 0 Å². The molecule has 0 saturated heterocycles. The highest BCUT2D eigenvalue weighted by molar-refractivity contribution is 5.75. The number of rotatable bonds is 15. The Balaban J connectivity index is 1.89. The molecule has 1 rings (SSSR count). The summed E-state index contributed by atoms with van der Waals surface area (Å²) in [6, 6.07) is 0. The molecule has 0 aromatic heterocycles. The van der Waals surface area contributed by atoms with Crippen LogP contribution < -0.4 is 0 Å². The van der Waals surface area contributed by atoms with Crippen molar-refractivity contribution in [1.29, 1.82) is 0 Å². The summed E-state index contributed by atoms with van der Waals surface area (Å²) < 4.78 is 0. The topological polar surface area (TPSA) is 17.1 Å². The van der Waals surface area contributed by atoms with Gasteiger partial charge in [0.15, 0.2) is 0 Å². The van der Waals surface area contributed by atoms with E-state index in [-0.39, 0.29) is 0 Å². The van der Waals surface area contributed by atoms with Gasteiger partial charge in [-0.05, 0) is 57.8 Å². The van der Waals surface area contributed by atoms with Gasteiger partial charge in [0.05, 0.1) is 0 Å². The summed E-state index contributed by atoms with van der Waals surface area (Å²) in [5.74, 6) is 1.31. The fourth-order valence-corrected chi connectivity index (χ4v) is 4.53. The Hall–Kier alpha value is -0.850. The van der Waals surface area contributed by atoms with Crippen LogP contribution in [0.3, 0.4) is 0 Å². The van der Waals surface area contributed by atoms with E-state index >= 15 is 0 Å². The zero-order valence-electron chi connectivity index (χ0n) is 19.6. The summed E-state index contributed by atoms with van der Waals surface area (Å²) in [6.07, 6.45) is 37.6. The highest BCUT2D eigenvalue weighted by Crippen LogP contribution is 2.23. The van der Waals surface area contributed by atoms with Crippen LogP contribution in [0.25, 0.3) is 0 Å². The van der Waals surface area contributed by atoms with Gasteiger partial charge in [0, 0.05) is 6.42 Å². The van der Waals surface area contributed by atoms with Crippen molar-refractivity contribution in [2.24, 2.45) is 5.92 Å². The lowest BCUT2D eigenvalue weighted by molar-refractivity contribution is -0.117. The summed E-state index contributed by atoms with van der Waals surface area (Å²) in [5.41, 5.74) is 0. The summed E-state index contributed by atoms with van der Waals surface area (Å²) in [7, 11) is 0. The summed E-state index contributed by atoms with van der Waals surface area (Å²) in [5, 5.41) is 0. The summed E-state index contributed by atoms with van der Waals surface area (Å²) >= 11 is 0. The van der Waals surface area contributed by atoms with Crippen LogP contribution in [-0.4, -0.2) is 5.78 Å². The number of ketones is 1. The third kappa shape index (κ3) is 18.9. The first kappa shape index (κ1) is 26.2. The maximum Gasteiger partial charge on any atom is 0.129 e. The molecule has 168 valence electrons. The van der Waals surface area contributed by atoms with Crippen molar-refractivity contribution >= 4 is 5.78 Å². The third-order valence-corrected chi connectivity index (χ3v) is 6.45. The lowest BCUT2D eigenvalue weighted by Gasteiger charge is -2.16. The van der Waals surface area contributed by atoms with Gasteiger partial charge >= 0.3 is 0 Å². The smallest absolute Gasteiger partial charge is 0.129 e. The van der Waals surface area contributed by atoms with Crippen LogP contribution in [0.15, 0.2) is 24.3 Å². The first-order valence-corrected chi connectivity index (χ1v) is 13.1. The Morgan fingerprint density at radius 2 is 1.10 bits per heavy atom. The summed E-state index contributed by atoms with van der Waals surface area (Å²) in [6.45, 7) is 1.71. The number of allylic oxidation sites excluding steroid dienone is 4. The second-order valence-electron chi connectivity index (χ2n) is 9.38. The molecule has 0 aromatic carbocycles. The standard InChI is InChI=1S/C28H50O/c1-27(29)23-19-15-11-7-4-2-3-5-8-12-16-20-24-28-25-21-17-13-9-6-10-14-18-22-26-28/h9,13-14,18,28H,2-8,10-12,15-17,19-26H2,1H3/b13-9-,18-14-. The molecule has 0 N–H and O–H groups in total. The first-order valence-electron chi connectivity index (χ1n) is 13.1. The highest BCUT2D eigenvalue weighted by Gasteiger charge is 2.07. The molecule has 1 atom stereocenters. The predicted octanol–water partition coefficient (Wildman–Crippen LogP) is 9.51. The fraction of sp³-hybridized carbons (Fsp3) is 0.821. The van der Waals surface area contributed by atoms with Gasteiger partial charge in [-0.15, -0.1) is 0 Å². The van der Waals surface area contributed by atoms with Crippen molar-refractivity contribution in [3.8, 4) is 0 Å². The molecule has 1 aliphatic rings. The van der Waals surface area contributed by atoms with E-state index in [2.05, 4.69) is 24.3 Å². The Kier molecular flexibility index (Phi) is 18.4. The molecule has 1 heteroatoms. The number of unbranched alkanes of at least 4 members (excludes halogenated alkanes) is 11. The van der Waals surface area contributed by atoms with Gasteiger partial charge in [-0.2, -0.15) is 0 Å². The van der Waals surface area contributed by atoms with Gasteiger partial charge in [0.25, 0.3) is 0 Å². The Bertz CT molecular complexity index is 420. The van der Waals surface area contributed by atoms with E-state index in [9.17, 15) is 4.79 Å². The van der Waals surface area contributed by atoms with E-state index < -0.39 is 0 Å². The molecule has 1 unspecified atom stereocenters. The molecule has 0 heterocycles. The Morgan fingerprint density at radius 3 is 1.69 bits per heavy atom. The molecule has 29 heavy (non-hydrogen) atoms. The normalized spacial score (nSPS) is 20.5. The maximum atomic E-state index is 10.9. The molecule has 1 aliphatic carbocycles. The van der Waals surface area contributed by atoms with Gasteiger partial charge < -0.3 is 4.79 Å². The molecule has 0 amide bonds. The number of carbonyl (C=O) groups is 1. The van der Waals surface area contributed by atoms with Crippen LogP contribution in [-0.2, 0) is 4.79 Å². The molecule has 1 nitrogen and oxygen atoms in total. The second-order valence-corrected chi connectivity index (χ2v) is 9.38. The minimum Gasteiger partial charge on any atom is -0.300 e. The minimum atomic E-state index is 0.348. The Morgan fingerprint density at radius 1 is 0.621 bits per heavy atom. The minimum absolute atomic E-state index is 0.348. The van der Waals surface area contributed by atoms with Crippen LogP contribution in [0.1, 0.15) is 142 Å². The molecule has 0 aromatic rings. The zero-order chi connectivity index (χ0) is 20.8. The largest absolute Gasteiger partial charge is 0.300 e. The number of hydrogen-bond acceptors (Lipinski definition) is 1. The quantitative estimate of drug-likeness (QED) is 0.197. The third-order valence-electron chi connectivity index (χ3n) is 6.45. The SMILES string of the molecule is CC(=O)CCCCCCCCCCCCCCC1CC/C=C\CC/C=C\CCC1. The summed E-state index contributed by atoms with van der Waals surface area (Å²) in [4.78, 5) is 10.9. The predicted molar refractivity (Wildman–Crippen MR) is 129 cm³/mol. The molecule has 0 saturated carbocycles. The zero-order valence-corrected chi connectivity index (χ0v) is 19.6. The lowest BCUT2D eigenvalue weighted by atomic mass is 9.90. The van der Waals surface area contributed by atoms with Crippen LogP contribution in [0.4, 0.5) is 0 Å². The van der Waals surface area contributed by atoms with Crippen molar-refractivity contribution < 1.29 is 4.79 Å². The van der Waals surface area contributed by atoms with E-state index in [1.165, 1.54) is 122 Å². The molecule has 0 aliphatic heterocycles. The van der Waals surface area contributed by atoms with Crippen LogP contribution in [0.2, 0.25) is 0 Å². The Labute approximate surface area is 182 Å².